The quantitative estimate of drug-likeness (QED) is 0.375. The second-order valence-electron chi connectivity index (χ2n) is 9.10. The number of aryl methyl sites for hydroxylation is 1. The lowest BCUT2D eigenvalue weighted by Gasteiger charge is -2.34. The number of carbonyl (C=O) groups is 1. The van der Waals surface area contributed by atoms with Crippen molar-refractivity contribution in [1.29, 1.82) is 0 Å². The summed E-state index contributed by atoms with van der Waals surface area (Å²) in [5, 5.41) is 7.12. The van der Waals surface area contributed by atoms with E-state index in [-0.39, 0.29) is 57.8 Å². The highest BCUT2D eigenvalue weighted by Gasteiger charge is 2.31. The van der Waals surface area contributed by atoms with Crippen molar-refractivity contribution < 1.29 is 31.5 Å². The maximum absolute atomic E-state index is 15.3. The third-order valence-electron chi connectivity index (χ3n) is 6.66. The number of nitrogens with zero attached hydrogens (tertiary/aromatic N) is 6. The summed E-state index contributed by atoms with van der Waals surface area (Å²) in [5.41, 5.74) is -0.0138. The van der Waals surface area contributed by atoms with Gasteiger partial charge >= 0.3 is 0 Å². The molecule has 1 saturated heterocycles. The predicted molar refractivity (Wildman–Crippen MR) is 128 cm³/mol. The number of likely N-dealkylation sites (tertiary alicyclic amines) is 1. The van der Waals surface area contributed by atoms with Gasteiger partial charge in [-0.25, -0.2) is 31.5 Å². The van der Waals surface area contributed by atoms with Crippen LogP contribution in [0.2, 0.25) is 0 Å². The number of anilines is 1. The molecule has 1 aromatic carbocycles. The van der Waals surface area contributed by atoms with Crippen molar-refractivity contribution in [2.75, 3.05) is 25.5 Å². The average molecular weight is 537 g/mol. The van der Waals surface area contributed by atoms with Gasteiger partial charge in [-0.2, -0.15) is 4.98 Å². The van der Waals surface area contributed by atoms with Gasteiger partial charge in [0, 0.05) is 13.5 Å². The topological polar surface area (TPSA) is 89.6 Å². The molecule has 0 saturated carbocycles. The van der Waals surface area contributed by atoms with Gasteiger partial charge in [-0.3, -0.25) is 4.79 Å². The van der Waals surface area contributed by atoms with Crippen LogP contribution in [0.5, 0.6) is 5.88 Å². The van der Waals surface area contributed by atoms with Gasteiger partial charge in [0.15, 0.2) is 11.6 Å². The van der Waals surface area contributed by atoms with Gasteiger partial charge in [0.1, 0.15) is 23.0 Å². The number of halogens is 5. The first-order chi connectivity index (χ1) is 18.1. The Hall–Kier alpha value is -3.97. The molecule has 0 unspecified atom stereocenters. The molecule has 9 nitrogen and oxygen atoms in total. The van der Waals surface area contributed by atoms with Gasteiger partial charge in [0.25, 0.3) is 6.43 Å². The Morgan fingerprint density at radius 2 is 2.00 bits per heavy atom. The molecule has 4 heterocycles. The van der Waals surface area contributed by atoms with E-state index >= 15 is 4.39 Å². The zero-order valence-corrected chi connectivity index (χ0v) is 20.7. The molecule has 14 heteroatoms. The van der Waals surface area contributed by atoms with E-state index in [4.69, 9.17) is 4.74 Å². The number of amides is 1. The van der Waals surface area contributed by atoms with Crippen molar-refractivity contribution in [1.82, 2.24) is 29.0 Å². The maximum Gasteiger partial charge on any atom is 0.256 e. The lowest BCUT2D eigenvalue weighted by Crippen LogP contribution is -2.49. The van der Waals surface area contributed by atoms with Crippen LogP contribution in [0, 0.1) is 18.6 Å². The fourth-order valence-electron chi connectivity index (χ4n) is 4.83. The number of ether oxygens (including phenoxy) is 1. The first-order valence-electron chi connectivity index (χ1n) is 11.8. The van der Waals surface area contributed by atoms with Crippen LogP contribution in [0.3, 0.4) is 0 Å². The van der Waals surface area contributed by atoms with Crippen LogP contribution in [0.15, 0.2) is 18.3 Å². The van der Waals surface area contributed by atoms with Crippen molar-refractivity contribution in [3.05, 3.63) is 35.8 Å². The standard InChI is InChI=1S/C24H24F5N7O2/c1-11-30-21-14(25)6-13(7-18(21)35(11)10-19(28)29)20-16(27)9-36-22(20)23(38-3)32-24(33-36)31-17-4-5-34(12(2)37)8-15(17)26/h6-7,9,15,17,19H,4-5,8,10H2,1-3H3,(H,31,33)/t15-,17+/m1/s1. The van der Waals surface area contributed by atoms with E-state index in [1.165, 1.54) is 36.5 Å². The summed E-state index contributed by atoms with van der Waals surface area (Å²) >= 11 is 0. The number of carbonyl (C=O) groups excluding carboxylic acids is 1. The molecular weight excluding hydrogens is 513 g/mol. The normalized spacial score (nSPS) is 18.1. The minimum absolute atomic E-state index is 0.0351. The van der Waals surface area contributed by atoms with Crippen molar-refractivity contribution in [3.8, 4) is 17.0 Å². The highest BCUT2D eigenvalue weighted by atomic mass is 19.3. The Labute approximate surface area is 213 Å². The molecule has 1 aliphatic rings. The second kappa shape index (κ2) is 9.72. The fraction of sp³-hybridized carbons (Fsp3) is 0.417. The molecule has 5 rings (SSSR count). The molecule has 0 spiro atoms. The van der Waals surface area contributed by atoms with Crippen LogP contribution in [-0.2, 0) is 11.3 Å². The first-order valence-corrected chi connectivity index (χ1v) is 11.8. The molecule has 1 N–H and O–H groups in total. The predicted octanol–water partition coefficient (Wildman–Crippen LogP) is 3.98. The fourth-order valence-corrected chi connectivity index (χ4v) is 4.83. The monoisotopic (exact) mass is 537 g/mol. The molecule has 1 amide bonds. The molecular formula is C24H24F5N7O2. The molecule has 2 atom stereocenters. The van der Waals surface area contributed by atoms with Crippen molar-refractivity contribution in [2.45, 2.75) is 45.5 Å². The largest absolute Gasteiger partial charge is 0.479 e. The molecule has 38 heavy (non-hydrogen) atoms. The third kappa shape index (κ3) is 4.47. The smallest absolute Gasteiger partial charge is 0.256 e. The molecule has 1 fully saturated rings. The summed E-state index contributed by atoms with van der Waals surface area (Å²) in [7, 11) is 1.30. The van der Waals surface area contributed by atoms with Crippen LogP contribution >= 0.6 is 0 Å². The highest BCUT2D eigenvalue weighted by Crippen LogP contribution is 2.37. The van der Waals surface area contributed by atoms with Gasteiger partial charge in [-0.1, -0.05) is 0 Å². The molecule has 1 aliphatic heterocycles. The number of imidazole rings is 1. The Morgan fingerprint density at radius 1 is 1.24 bits per heavy atom. The molecule has 202 valence electrons. The number of alkyl halides is 3. The minimum Gasteiger partial charge on any atom is -0.479 e. The molecule has 0 radical (unpaired) electrons. The van der Waals surface area contributed by atoms with Crippen molar-refractivity contribution in [2.24, 2.45) is 0 Å². The molecule has 3 aromatic heterocycles. The van der Waals surface area contributed by atoms with Crippen LogP contribution in [0.25, 0.3) is 27.7 Å². The number of hydrogen-bond donors (Lipinski definition) is 1. The number of rotatable bonds is 6. The van der Waals surface area contributed by atoms with Crippen molar-refractivity contribution in [3.63, 3.8) is 0 Å². The summed E-state index contributed by atoms with van der Waals surface area (Å²) in [6.07, 6.45) is -2.75. The van der Waals surface area contributed by atoms with Gasteiger partial charge < -0.3 is 19.5 Å². The maximum atomic E-state index is 15.3. The number of nitrogens with one attached hydrogen (secondary N) is 1. The number of aromatic nitrogens is 5. The summed E-state index contributed by atoms with van der Waals surface area (Å²) in [6.45, 7) is 2.42. The minimum atomic E-state index is -2.71. The number of hydrogen-bond acceptors (Lipinski definition) is 6. The Kier molecular flexibility index (Phi) is 6.57. The van der Waals surface area contributed by atoms with Crippen molar-refractivity contribution >= 4 is 28.4 Å². The van der Waals surface area contributed by atoms with E-state index in [1.807, 2.05) is 0 Å². The Morgan fingerprint density at radius 3 is 2.66 bits per heavy atom. The zero-order chi connectivity index (χ0) is 27.3. The average Bonchev–Trinajstić information content (AvgIpc) is 3.35. The van der Waals surface area contributed by atoms with Crippen LogP contribution < -0.4 is 10.1 Å². The van der Waals surface area contributed by atoms with Gasteiger partial charge in [0.05, 0.1) is 43.5 Å². The summed E-state index contributed by atoms with van der Waals surface area (Å²) in [5.74, 6) is -1.74. The first kappa shape index (κ1) is 25.7. The summed E-state index contributed by atoms with van der Waals surface area (Å²) in [6, 6.07) is 1.74. The number of methoxy groups -OCH3 is 1. The Balaban J connectivity index is 1.56. The van der Waals surface area contributed by atoms with E-state index < -0.39 is 36.8 Å². The van der Waals surface area contributed by atoms with E-state index in [0.29, 0.717) is 13.0 Å². The van der Waals surface area contributed by atoms with E-state index in [2.05, 4.69) is 20.4 Å². The van der Waals surface area contributed by atoms with E-state index in [0.717, 1.165) is 16.8 Å². The second-order valence-corrected chi connectivity index (χ2v) is 9.10. The Bertz CT molecular complexity index is 1540. The van der Waals surface area contributed by atoms with Crippen LogP contribution in [0.1, 0.15) is 19.2 Å². The van der Waals surface area contributed by atoms with Crippen LogP contribution in [0.4, 0.5) is 27.9 Å². The third-order valence-corrected chi connectivity index (χ3v) is 6.66. The van der Waals surface area contributed by atoms with Gasteiger partial charge in [0.2, 0.25) is 17.7 Å². The molecule has 0 bridgehead atoms. The lowest BCUT2D eigenvalue weighted by atomic mass is 10.0. The number of piperidine rings is 1. The lowest BCUT2D eigenvalue weighted by molar-refractivity contribution is -0.131. The molecule has 0 aliphatic carbocycles. The van der Waals surface area contributed by atoms with Gasteiger partial charge in [-0.15, -0.1) is 5.10 Å². The number of fused-ring (bicyclic) bond motifs is 2. The van der Waals surface area contributed by atoms with Gasteiger partial charge in [-0.05, 0) is 31.0 Å². The number of benzene rings is 1. The van der Waals surface area contributed by atoms with Crippen LogP contribution in [-0.4, -0.2) is 73.8 Å². The highest BCUT2D eigenvalue weighted by molar-refractivity contribution is 5.90. The zero-order valence-electron chi connectivity index (χ0n) is 20.7. The van der Waals surface area contributed by atoms with E-state index in [9.17, 15) is 22.4 Å². The van der Waals surface area contributed by atoms with E-state index in [1.54, 1.807) is 0 Å². The summed E-state index contributed by atoms with van der Waals surface area (Å²) in [4.78, 5) is 21.3. The SMILES string of the molecule is COc1nc(N[C@H]2CCN(C(C)=O)C[C@H]2F)nn2cc(F)c(-c3cc(F)c4nc(C)n(CC(F)F)c4c3)c12. The summed E-state index contributed by atoms with van der Waals surface area (Å²) < 4.78 is 79.0. The molecule has 4 aromatic rings.